The molecule has 1 N–H and O–H groups in total. The maximum atomic E-state index is 11.4. The molecule has 0 fully saturated rings. The first-order chi connectivity index (χ1) is 10.9. The first kappa shape index (κ1) is 18.7. The minimum Gasteiger partial charge on any atom is -0.463 e. The highest BCUT2D eigenvalue weighted by Crippen LogP contribution is 2.17. The molecule has 126 valence electrons. The molecule has 0 unspecified atom stereocenters. The Morgan fingerprint density at radius 2 is 1.96 bits per heavy atom. The number of amides is 1. The van der Waals surface area contributed by atoms with Crippen molar-refractivity contribution in [3.8, 4) is 0 Å². The molecule has 0 atom stereocenters. The van der Waals surface area contributed by atoms with Gasteiger partial charge in [-0.1, -0.05) is 26.0 Å². The highest BCUT2D eigenvalue weighted by Gasteiger charge is 2.11. The van der Waals surface area contributed by atoms with Crippen LogP contribution >= 0.6 is 0 Å². The van der Waals surface area contributed by atoms with E-state index in [-0.39, 0.29) is 18.4 Å². The molecule has 6 heteroatoms. The molecule has 0 saturated carbocycles. The van der Waals surface area contributed by atoms with Crippen LogP contribution in [0.3, 0.4) is 0 Å². The van der Waals surface area contributed by atoms with Crippen molar-refractivity contribution in [1.29, 1.82) is 0 Å². The summed E-state index contributed by atoms with van der Waals surface area (Å²) in [7, 11) is 0. The predicted molar refractivity (Wildman–Crippen MR) is 85.1 cm³/mol. The van der Waals surface area contributed by atoms with Gasteiger partial charge in [-0.3, -0.25) is 4.79 Å². The molecule has 0 spiro atoms. The number of nitrogens with one attached hydrogen (secondary N) is 1. The van der Waals surface area contributed by atoms with Crippen molar-refractivity contribution in [3.63, 3.8) is 0 Å². The molecule has 23 heavy (non-hydrogen) atoms. The van der Waals surface area contributed by atoms with Crippen LogP contribution in [0.1, 0.15) is 33.1 Å². The molecule has 0 aliphatic carbocycles. The highest BCUT2D eigenvalue weighted by molar-refractivity contribution is 5.91. The Morgan fingerprint density at radius 1 is 1.30 bits per heavy atom. The van der Waals surface area contributed by atoms with E-state index in [0.29, 0.717) is 31.6 Å². The van der Waals surface area contributed by atoms with E-state index in [1.54, 1.807) is 6.08 Å². The van der Waals surface area contributed by atoms with Gasteiger partial charge in [-0.2, -0.15) is 0 Å². The van der Waals surface area contributed by atoms with E-state index < -0.39 is 11.9 Å². The number of carbonyl (C=O) groups excluding carboxylic acids is 3. The summed E-state index contributed by atoms with van der Waals surface area (Å²) in [6, 6.07) is 0. The fraction of sp³-hybridized carbons (Fsp3) is 0.471. The summed E-state index contributed by atoms with van der Waals surface area (Å²) < 4.78 is 9.87. The van der Waals surface area contributed by atoms with Crippen molar-refractivity contribution >= 4 is 17.8 Å². The number of allylic oxidation sites excluding steroid dienone is 1. The Hall–Kier alpha value is -2.37. The molecule has 1 heterocycles. The summed E-state index contributed by atoms with van der Waals surface area (Å²) in [6.07, 6.45) is 5.53. The normalized spacial score (nSPS) is 14.7. The lowest BCUT2D eigenvalue weighted by molar-refractivity contribution is -0.141. The summed E-state index contributed by atoms with van der Waals surface area (Å²) in [5.74, 6) is -1.08. The van der Waals surface area contributed by atoms with E-state index in [1.165, 1.54) is 0 Å². The minimum absolute atomic E-state index is 0.170. The third kappa shape index (κ3) is 8.60. The van der Waals surface area contributed by atoms with Gasteiger partial charge in [0.15, 0.2) is 0 Å². The number of ether oxygens (including phenoxy) is 2. The van der Waals surface area contributed by atoms with Gasteiger partial charge in [0.1, 0.15) is 0 Å². The van der Waals surface area contributed by atoms with E-state index in [2.05, 4.69) is 11.9 Å². The quantitative estimate of drug-likeness (QED) is 0.420. The number of hydrogen-bond donors (Lipinski definition) is 1. The van der Waals surface area contributed by atoms with E-state index in [9.17, 15) is 14.4 Å². The second-order valence-corrected chi connectivity index (χ2v) is 5.70. The Bertz CT molecular complexity index is 531. The average molecular weight is 321 g/mol. The molecule has 1 rings (SSSR count). The van der Waals surface area contributed by atoms with Crippen LogP contribution in [-0.4, -0.2) is 31.1 Å². The van der Waals surface area contributed by atoms with Crippen LogP contribution in [0.15, 0.2) is 36.1 Å². The SMILES string of the molecule is C=C1CC(CCCOC(=O)/C=C/C(=O)OCC(C)C)=CC(=O)N1. The third-order valence-corrected chi connectivity index (χ3v) is 2.88. The molecule has 0 aromatic rings. The van der Waals surface area contributed by atoms with Crippen molar-refractivity contribution in [2.45, 2.75) is 33.1 Å². The summed E-state index contributed by atoms with van der Waals surface area (Å²) in [6.45, 7) is 8.10. The lowest BCUT2D eigenvalue weighted by atomic mass is 10.0. The average Bonchev–Trinajstić information content (AvgIpc) is 2.46. The number of hydrogen-bond acceptors (Lipinski definition) is 5. The highest BCUT2D eigenvalue weighted by atomic mass is 16.5. The Balaban J connectivity index is 2.20. The van der Waals surface area contributed by atoms with Crippen LogP contribution in [0, 0.1) is 5.92 Å². The zero-order valence-electron chi connectivity index (χ0n) is 13.6. The molecule has 0 aromatic carbocycles. The fourth-order valence-corrected chi connectivity index (χ4v) is 1.88. The van der Waals surface area contributed by atoms with Gasteiger partial charge in [-0.05, 0) is 18.8 Å². The molecule has 0 bridgehead atoms. The molecule has 0 saturated heterocycles. The predicted octanol–water partition coefficient (Wildman–Crippen LogP) is 2.03. The zero-order valence-corrected chi connectivity index (χ0v) is 13.6. The number of esters is 2. The van der Waals surface area contributed by atoms with Gasteiger partial charge in [0.05, 0.1) is 13.2 Å². The van der Waals surface area contributed by atoms with E-state index >= 15 is 0 Å². The largest absolute Gasteiger partial charge is 0.463 e. The Labute approximate surface area is 136 Å². The van der Waals surface area contributed by atoms with Crippen molar-refractivity contribution in [3.05, 3.63) is 36.1 Å². The van der Waals surface area contributed by atoms with Crippen molar-refractivity contribution in [2.24, 2.45) is 5.92 Å². The van der Waals surface area contributed by atoms with Gasteiger partial charge in [0, 0.05) is 30.3 Å². The zero-order chi connectivity index (χ0) is 17.2. The fourth-order valence-electron chi connectivity index (χ4n) is 1.88. The number of carbonyl (C=O) groups is 3. The van der Waals surface area contributed by atoms with Gasteiger partial charge in [-0.25, -0.2) is 9.59 Å². The molecule has 6 nitrogen and oxygen atoms in total. The Morgan fingerprint density at radius 3 is 2.57 bits per heavy atom. The van der Waals surface area contributed by atoms with Crippen LogP contribution in [0.4, 0.5) is 0 Å². The third-order valence-electron chi connectivity index (χ3n) is 2.88. The van der Waals surface area contributed by atoms with E-state index in [1.807, 2.05) is 13.8 Å². The van der Waals surface area contributed by atoms with Gasteiger partial charge >= 0.3 is 11.9 Å². The van der Waals surface area contributed by atoms with Crippen molar-refractivity contribution in [2.75, 3.05) is 13.2 Å². The Kier molecular flexibility index (Phi) is 7.80. The first-order valence-corrected chi connectivity index (χ1v) is 7.56. The summed E-state index contributed by atoms with van der Waals surface area (Å²) >= 11 is 0. The maximum Gasteiger partial charge on any atom is 0.331 e. The summed E-state index contributed by atoms with van der Waals surface area (Å²) in [5, 5.41) is 2.61. The van der Waals surface area contributed by atoms with E-state index in [0.717, 1.165) is 17.7 Å². The number of rotatable bonds is 8. The van der Waals surface area contributed by atoms with Gasteiger partial charge in [0.25, 0.3) is 0 Å². The van der Waals surface area contributed by atoms with E-state index in [4.69, 9.17) is 9.47 Å². The van der Waals surface area contributed by atoms with Gasteiger partial charge in [-0.15, -0.1) is 0 Å². The molecule has 1 aliphatic heterocycles. The lowest BCUT2D eigenvalue weighted by Crippen LogP contribution is -2.24. The summed E-state index contributed by atoms with van der Waals surface area (Å²) in [5.41, 5.74) is 1.63. The smallest absolute Gasteiger partial charge is 0.331 e. The molecule has 1 aliphatic rings. The molecular formula is C17H23NO5. The lowest BCUT2D eigenvalue weighted by Gasteiger charge is -2.15. The summed E-state index contributed by atoms with van der Waals surface area (Å²) in [4.78, 5) is 34.0. The molecule has 0 aromatic heterocycles. The molecule has 1 amide bonds. The minimum atomic E-state index is -0.591. The topological polar surface area (TPSA) is 81.7 Å². The van der Waals surface area contributed by atoms with Crippen LogP contribution in [-0.2, 0) is 23.9 Å². The monoisotopic (exact) mass is 321 g/mol. The van der Waals surface area contributed by atoms with Crippen LogP contribution in [0.2, 0.25) is 0 Å². The maximum absolute atomic E-state index is 11.4. The molecule has 0 radical (unpaired) electrons. The van der Waals surface area contributed by atoms with Crippen molar-refractivity contribution in [1.82, 2.24) is 5.32 Å². The standard InChI is InChI=1S/C17H23NO5/c1-12(2)11-23-17(21)7-6-16(20)22-8-4-5-14-9-13(3)18-15(19)10-14/h6-7,10,12H,3-5,8-9,11H2,1-2H3,(H,18,19)/b7-6+. The van der Waals surface area contributed by atoms with Gasteiger partial charge in [0.2, 0.25) is 5.91 Å². The first-order valence-electron chi connectivity index (χ1n) is 7.56. The van der Waals surface area contributed by atoms with Gasteiger partial charge < -0.3 is 14.8 Å². The van der Waals surface area contributed by atoms with Crippen LogP contribution in [0.5, 0.6) is 0 Å². The van der Waals surface area contributed by atoms with Crippen LogP contribution in [0.25, 0.3) is 0 Å². The van der Waals surface area contributed by atoms with Crippen molar-refractivity contribution < 1.29 is 23.9 Å². The van der Waals surface area contributed by atoms with Crippen LogP contribution < -0.4 is 5.32 Å². The second-order valence-electron chi connectivity index (χ2n) is 5.70. The second kappa shape index (κ2) is 9.61. The molecular weight excluding hydrogens is 298 g/mol.